The van der Waals surface area contributed by atoms with Crippen LogP contribution in [0.15, 0.2) is 0 Å². The molecule has 102 valence electrons. The highest BCUT2D eigenvalue weighted by atomic mass is 15.4. The summed E-state index contributed by atoms with van der Waals surface area (Å²) < 4.78 is 0. The van der Waals surface area contributed by atoms with Crippen molar-refractivity contribution < 1.29 is 0 Å². The van der Waals surface area contributed by atoms with Crippen LogP contribution in [0.4, 0.5) is 0 Å². The topological polar surface area (TPSA) is 32.5 Å². The maximum absolute atomic E-state index is 6.81. The SMILES string of the molecule is CC12CN3CN(C1)CC(C1CCCCC1)(C3)C2N. The molecule has 0 radical (unpaired) electrons. The Bertz CT molecular complexity index is 334. The van der Waals surface area contributed by atoms with E-state index in [4.69, 9.17) is 5.73 Å². The largest absolute Gasteiger partial charge is 0.327 e. The molecule has 3 atom stereocenters. The van der Waals surface area contributed by atoms with Crippen molar-refractivity contribution in [2.75, 3.05) is 32.8 Å². The lowest BCUT2D eigenvalue weighted by Crippen LogP contribution is -2.80. The lowest BCUT2D eigenvalue weighted by atomic mass is 9.53. The standard InChI is InChI=1S/C15H27N3/c1-14-7-17-9-15(13(14)16,10-18(8-14)11-17)12-5-3-2-4-6-12/h12-13H,2-11,16H2,1H3. The minimum Gasteiger partial charge on any atom is -0.327 e. The molecule has 5 aliphatic rings. The Labute approximate surface area is 111 Å². The Morgan fingerprint density at radius 3 is 2.17 bits per heavy atom. The minimum absolute atomic E-state index is 0.353. The van der Waals surface area contributed by atoms with E-state index in [1.54, 1.807) is 0 Å². The molecule has 18 heavy (non-hydrogen) atoms. The van der Waals surface area contributed by atoms with Crippen molar-refractivity contribution in [2.24, 2.45) is 22.5 Å². The molecule has 3 unspecified atom stereocenters. The summed E-state index contributed by atoms with van der Waals surface area (Å²) in [6.07, 6.45) is 7.20. The van der Waals surface area contributed by atoms with Crippen LogP contribution in [0.25, 0.3) is 0 Å². The molecule has 3 heteroatoms. The molecule has 1 saturated carbocycles. The van der Waals surface area contributed by atoms with E-state index in [-0.39, 0.29) is 0 Å². The minimum atomic E-state index is 0.353. The van der Waals surface area contributed by atoms with Crippen molar-refractivity contribution in [1.29, 1.82) is 0 Å². The molecule has 4 bridgehead atoms. The molecule has 1 aliphatic carbocycles. The van der Waals surface area contributed by atoms with Crippen LogP contribution in [0, 0.1) is 16.7 Å². The van der Waals surface area contributed by atoms with Gasteiger partial charge in [-0.3, -0.25) is 9.80 Å². The van der Waals surface area contributed by atoms with Gasteiger partial charge in [0.15, 0.2) is 0 Å². The second-order valence-corrected chi connectivity index (χ2v) is 7.82. The number of nitrogens with zero attached hydrogens (tertiary/aromatic N) is 2. The average molecular weight is 249 g/mol. The molecule has 0 aromatic rings. The van der Waals surface area contributed by atoms with Gasteiger partial charge < -0.3 is 5.73 Å². The number of hydrogen-bond donors (Lipinski definition) is 1. The predicted molar refractivity (Wildman–Crippen MR) is 73.1 cm³/mol. The zero-order valence-corrected chi connectivity index (χ0v) is 11.7. The number of piperidine rings is 2. The summed E-state index contributed by atoms with van der Waals surface area (Å²) in [6.45, 7) is 8.68. The smallest absolute Gasteiger partial charge is 0.0507 e. The van der Waals surface area contributed by atoms with Gasteiger partial charge in [0, 0.05) is 43.1 Å². The summed E-state index contributed by atoms with van der Waals surface area (Å²) in [7, 11) is 0. The fraction of sp³-hybridized carbons (Fsp3) is 1.00. The third-order valence-electron chi connectivity index (χ3n) is 6.39. The molecule has 5 fully saturated rings. The number of rotatable bonds is 1. The van der Waals surface area contributed by atoms with E-state index in [2.05, 4.69) is 16.7 Å². The molecule has 4 aliphatic heterocycles. The van der Waals surface area contributed by atoms with Crippen molar-refractivity contribution in [3.63, 3.8) is 0 Å². The molecule has 0 aromatic carbocycles. The van der Waals surface area contributed by atoms with Crippen molar-refractivity contribution in [2.45, 2.75) is 45.1 Å². The number of hydrogen-bond acceptors (Lipinski definition) is 3. The normalized spacial score (nSPS) is 56.0. The van der Waals surface area contributed by atoms with E-state index in [9.17, 15) is 0 Å². The van der Waals surface area contributed by atoms with Gasteiger partial charge in [0.25, 0.3) is 0 Å². The van der Waals surface area contributed by atoms with Crippen molar-refractivity contribution >= 4 is 0 Å². The Kier molecular flexibility index (Phi) is 2.41. The highest BCUT2D eigenvalue weighted by molar-refractivity contribution is 5.15. The Balaban J connectivity index is 1.70. The second kappa shape index (κ2) is 3.71. The first kappa shape index (κ1) is 11.7. The first-order valence-electron chi connectivity index (χ1n) is 7.83. The average Bonchev–Trinajstić information content (AvgIpc) is 2.36. The zero-order valence-electron chi connectivity index (χ0n) is 11.7. The van der Waals surface area contributed by atoms with Gasteiger partial charge >= 0.3 is 0 Å². The van der Waals surface area contributed by atoms with E-state index in [1.165, 1.54) is 65.0 Å². The highest BCUT2D eigenvalue weighted by Crippen LogP contribution is 2.54. The molecule has 2 N–H and O–H groups in total. The van der Waals surface area contributed by atoms with Crippen LogP contribution < -0.4 is 5.73 Å². The van der Waals surface area contributed by atoms with Gasteiger partial charge in [0.1, 0.15) is 0 Å². The van der Waals surface area contributed by atoms with Crippen LogP contribution in [0.2, 0.25) is 0 Å². The van der Waals surface area contributed by atoms with Gasteiger partial charge in [-0.25, -0.2) is 0 Å². The first-order chi connectivity index (χ1) is 8.62. The van der Waals surface area contributed by atoms with E-state index in [1.807, 2.05) is 0 Å². The van der Waals surface area contributed by atoms with Gasteiger partial charge in [0.2, 0.25) is 0 Å². The molecule has 0 aromatic heterocycles. The number of nitrogens with two attached hydrogens (primary N) is 1. The molecule has 4 heterocycles. The van der Waals surface area contributed by atoms with Gasteiger partial charge in [-0.1, -0.05) is 26.2 Å². The van der Waals surface area contributed by atoms with E-state index >= 15 is 0 Å². The van der Waals surface area contributed by atoms with E-state index < -0.39 is 0 Å². The maximum atomic E-state index is 6.81. The predicted octanol–water partition coefficient (Wildman–Crippen LogP) is 1.49. The molecule has 0 spiro atoms. The summed E-state index contributed by atoms with van der Waals surface area (Å²) in [5.74, 6) is 0.895. The molecular formula is C15H27N3. The molecule has 0 amide bonds. The Morgan fingerprint density at radius 1 is 0.944 bits per heavy atom. The maximum Gasteiger partial charge on any atom is 0.0507 e. The Hall–Kier alpha value is -0.120. The van der Waals surface area contributed by atoms with Crippen molar-refractivity contribution in [3.05, 3.63) is 0 Å². The van der Waals surface area contributed by atoms with E-state index in [0.29, 0.717) is 16.9 Å². The fourth-order valence-corrected chi connectivity index (χ4v) is 5.83. The van der Waals surface area contributed by atoms with Gasteiger partial charge in [0.05, 0.1) is 6.67 Å². The van der Waals surface area contributed by atoms with Gasteiger partial charge in [-0.15, -0.1) is 0 Å². The Morgan fingerprint density at radius 2 is 1.56 bits per heavy atom. The van der Waals surface area contributed by atoms with Gasteiger partial charge in [-0.2, -0.15) is 0 Å². The van der Waals surface area contributed by atoms with Crippen LogP contribution in [-0.4, -0.2) is 48.7 Å². The summed E-state index contributed by atoms with van der Waals surface area (Å²) in [5, 5.41) is 0. The van der Waals surface area contributed by atoms with Crippen LogP contribution in [0.5, 0.6) is 0 Å². The zero-order chi connectivity index (χ0) is 12.4. The highest BCUT2D eigenvalue weighted by Gasteiger charge is 2.62. The third-order valence-corrected chi connectivity index (χ3v) is 6.39. The second-order valence-electron chi connectivity index (χ2n) is 7.82. The quantitative estimate of drug-likeness (QED) is 0.764. The monoisotopic (exact) mass is 249 g/mol. The van der Waals surface area contributed by atoms with Crippen LogP contribution in [0.1, 0.15) is 39.0 Å². The summed E-state index contributed by atoms with van der Waals surface area (Å²) >= 11 is 0. The third kappa shape index (κ3) is 1.41. The van der Waals surface area contributed by atoms with E-state index in [0.717, 1.165) is 5.92 Å². The molecule has 5 rings (SSSR count). The molecule has 3 nitrogen and oxygen atoms in total. The fourth-order valence-electron chi connectivity index (χ4n) is 5.83. The summed E-state index contributed by atoms with van der Waals surface area (Å²) in [6, 6.07) is 0.431. The lowest BCUT2D eigenvalue weighted by Gasteiger charge is -2.69. The summed E-state index contributed by atoms with van der Waals surface area (Å²) in [4.78, 5) is 5.37. The lowest BCUT2D eigenvalue weighted by molar-refractivity contribution is -0.196. The van der Waals surface area contributed by atoms with Crippen LogP contribution in [-0.2, 0) is 0 Å². The first-order valence-corrected chi connectivity index (χ1v) is 7.83. The van der Waals surface area contributed by atoms with Crippen molar-refractivity contribution in [1.82, 2.24) is 9.80 Å². The van der Waals surface area contributed by atoms with Crippen LogP contribution in [0.3, 0.4) is 0 Å². The molecular weight excluding hydrogens is 222 g/mol. The van der Waals surface area contributed by atoms with Gasteiger partial charge in [-0.05, 0) is 18.8 Å². The van der Waals surface area contributed by atoms with Crippen molar-refractivity contribution in [3.8, 4) is 0 Å². The molecule has 4 saturated heterocycles. The summed E-state index contributed by atoms with van der Waals surface area (Å²) in [5.41, 5.74) is 7.59. The van der Waals surface area contributed by atoms with Crippen LogP contribution >= 0.6 is 0 Å².